The normalized spacial score (nSPS) is 11.5. The number of rotatable bonds is 7. The number of Topliss-reactive ketones (excluding diaryl/α,β-unsaturated/α-hetero) is 1. The predicted molar refractivity (Wildman–Crippen MR) is 139 cm³/mol. The second-order valence-corrected chi connectivity index (χ2v) is 9.40. The molecule has 0 saturated heterocycles. The number of aromatic nitrogens is 2. The van der Waals surface area contributed by atoms with Gasteiger partial charge < -0.3 is 5.11 Å². The van der Waals surface area contributed by atoms with Crippen molar-refractivity contribution in [3.8, 4) is 5.69 Å². The van der Waals surface area contributed by atoms with Crippen LogP contribution in [0.25, 0.3) is 16.6 Å². The molecular formula is C29H30N2O4. The Labute approximate surface area is 204 Å². The Balaban J connectivity index is 2.01. The summed E-state index contributed by atoms with van der Waals surface area (Å²) < 4.78 is 2.94. The summed E-state index contributed by atoms with van der Waals surface area (Å²) >= 11 is 0. The Kier molecular flexibility index (Phi) is 6.85. The molecule has 0 fully saturated rings. The average Bonchev–Trinajstić information content (AvgIpc) is 2.86. The van der Waals surface area contributed by atoms with Crippen molar-refractivity contribution in [3.63, 3.8) is 0 Å². The van der Waals surface area contributed by atoms with E-state index in [-0.39, 0.29) is 29.7 Å². The fraction of sp³-hybridized carbons (Fsp3) is 0.276. The molecule has 0 aliphatic heterocycles. The fourth-order valence-electron chi connectivity index (χ4n) is 4.51. The first-order valence-corrected chi connectivity index (χ1v) is 11.8. The Morgan fingerprint density at radius 1 is 0.829 bits per heavy atom. The molecule has 3 aromatic carbocycles. The van der Waals surface area contributed by atoms with E-state index in [4.69, 9.17) is 5.11 Å². The minimum Gasteiger partial charge on any atom is -0.388 e. The highest BCUT2D eigenvalue weighted by atomic mass is 16.3. The topological polar surface area (TPSA) is 81.3 Å². The van der Waals surface area contributed by atoms with Crippen molar-refractivity contribution in [2.75, 3.05) is 6.61 Å². The minimum absolute atomic E-state index is 0.117. The largest absolute Gasteiger partial charge is 0.388 e. The molecule has 0 radical (unpaired) electrons. The van der Waals surface area contributed by atoms with Gasteiger partial charge in [-0.15, -0.1) is 0 Å². The number of fused-ring (bicyclic) bond motifs is 1. The summed E-state index contributed by atoms with van der Waals surface area (Å²) in [7, 11) is 0. The van der Waals surface area contributed by atoms with Crippen molar-refractivity contribution < 1.29 is 9.90 Å². The van der Waals surface area contributed by atoms with Gasteiger partial charge in [0.25, 0.3) is 5.56 Å². The highest BCUT2D eigenvalue weighted by molar-refractivity contribution is 5.96. The van der Waals surface area contributed by atoms with E-state index in [2.05, 4.69) is 27.7 Å². The number of carbonyl (C=O) groups excluding carboxylic acids is 1. The molecular weight excluding hydrogens is 440 g/mol. The van der Waals surface area contributed by atoms with Gasteiger partial charge in [-0.2, -0.15) is 0 Å². The molecule has 6 heteroatoms. The first-order valence-electron chi connectivity index (χ1n) is 11.8. The molecule has 180 valence electrons. The molecule has 0 aliphatic carbocycles. The molecule has 0 spiro atoms. The third-order valence-corrected chi connectivity index (χ3v) is 6.38. The fourth-order valence-corrected chi connectivity index (χ4v) is 4.51. The molecule has 0 unspecified atom stereocenters. The molecule has 0 aliphatic rings. The monoisotopic (exact) mass is 470 g/mol. The van der Waals surface area contributed by atoms with Crippen LogP contribution in [0, 0.1) is 0 Å². The van der Waals surface area contributed by atoms with Gasteiger partial charge in [-0.05, 0) is 40.7 Å². The highest BCUT2D eigenvalue weighted by Gasteiger charge is 2.22. The highest BCUT2D eigenvalue weighted by Crippen LogP contribution is 2.30. The maximum absolute atomic E-state index is 14.0. The van der Waals surface area contributed by atoms with Crippen LogP contribution in [0.4, 0.5) is 0 Å². The molecule has 1 aromatic heterocycles. The minimum atomic E-state index is -0.554. The van der Waals surface area contributed by atoms with Crippen molar-refractivity contribution >= 4 is 16.7 Å². The number of aliphatic hydroxyl groups excluding tert-OH is 1. The second-order valence-electron chi connectivity index (χ2n) is 9.40. The lowest BCUT2D eigenvalue weighted by molar-refractivity contribution is 0.0903. The quantitative estimate of drug-likeness (QED) is 0.400. The molecule has 0 atom stereocenters. The van der Waals surface area contributed by atoms with Crippen LogP contribution in [-0.4, -0.2) is 26.6 Å². The first-order chi connectivity index (χ1) is 16.7. The molecule has 0 saturated carbocycles. The molecule has 6 nitrogen and oxygen atoms in total. The summed E-state index contributed by atoms with van der Waals surface area (Å²) in [6, 6.07) is 19.9. The number of aliphatic hydroxyl groups is 1. The predicted octanol–water partition coefficient (Wildman–Crippen LogP) is 4.62. The van der Waals surface area contributed by atoms with Crippen molar-refractivity contribution in [2.45, 2.75) is 46.1 Å². The van der Waals surface area contributed by atoms with E-state index >= 15 is 0 Å². The SMILES string of the molecule is CC(C)c1cccc(C(C)C)c1-n1c(=O)c2ccccc2n(Cc2ccc(C(=O)CO)cc2)c1=O. The van der Waals surface area contributed by atoms with E-state index in [1.807, 2.05) is 24.3 Å². The third-order valence-electron chi connectivity index (χ3n) is 6.38. The van der Waals surface area contributed by atoms with Gasteiger partial charge in [-0.1, -0.05) is 82.3 Å². The number of benzene rings is 3. The molecule has 4 rings (SSSR count). The van der Waals surface area contributed by atoms with Crippen LogP contribution in [0.15, 0.2) is 76.3 Å². The van der Waals surface area contributed by atoms with Crippen molar-refractivity contribution in [2.24, 2.45) is 0 Å². The van der Waals surface area contributed by atoms with Gasteiger partial charge in [0, 0.05) is 5.56 Å². The molecule has 0 amide bonds. The van der Waals surface area contributed by atoms with E-state index in [0.717, 1.165) is 16.7 Å². The third kappa shape index (κ3) is 4.49. The van der Waals surface area contributed by atoms with Crippen molar-refractivity contribution in [3.05, 3.63) is 110 Å². The lowest BCUT2D eigenvalue weighted by atomic mass is 9.92. The molecule has 1 heterocycles. The van der Waals surface area contributed by atoms with Crippen LogP contribution >= 0.6 is 0 Å². The zero-order valence-electron chi connectivity index (χ0n) is 20.5. The van der Waals surface area contributed by atoms with Crippen LogP contribution in [0.5, 0.6) is 0 Å². The van der Waals surface area contributed by atoms with Gasteiger partial charge in [0.2, 0.25) is 0 Å². The van der Waals surface area contributed by atoms with Gasteiger partial charge in [0.15, 0.2) is 5.78 Å². The van der Waals surface area contributed by atoms with Gasteiger partial charge >= 0.3 is 5.69 Å². The number of carbonyl (C=O) groups is 1. The van der Waals surface area contributed by atoms with Gasteiger partial charge in [-0.3, -0.25) is 14.2 Å². The smallest absolute Gasteiger partial charge is 0.336 e. The Morgan fingerprint density at radius 3 is 2.00 bits per heavy atom. The summed E-state index contributed by atoms with van der Waals surface area (Å²) in [6.07, 6.45) is 0. The number of hydrogen-bond donors (Lipinski definition) is 1. The van der Waals surface area contributed by atoms with Crippen LogP contribution < -0.4 is 11.2 Å². The lowest BCUT2D eigenvalue weighted by Gasteiger charge is -2.22. The summed E-state index contributed by atoms with van der Waals surface area (Å²) in [5.74, 6) is -0.128. The summed E-state index contributed by atoms with van der Waals surface area (Å²) in [5, 5.41) is 9.57. The number of para-hydroxylation sites is 2. The Bertz CT molecular complexity index is 1480. The standard InChI is InChI=1S/C29H30N2O4/c1-18(2)22-9-7-10-23(19(3)4)27(22)31-28(34)24-8-5-6-11-25(24)30(29(31)35)16-20-12-14-21(15-13-20)26(33)17-32/h5-15,18-19,32H,16-17H2,1-4H3. The van der Waals surface area contributed by atoms with Gasteiger partial charge in [-0.25, -0.2) is 9.36 Å². The maximum atomic E-state index is 14.0. The molecule has 0 bridgehead atoms. The van der Waals surface area contributed by atoms with Crippen LogP contribution in [0.3, 0.4) is 0 Å². The molecule has 4 aromatic rings. The van der Waals surface area contributed by atoms with E-state index in [1.54, 1.807) is 47.0 Å². The zero-order chi connectivity index (χ0) is 25.3. The second kappa shape index (κ2) is 9.84. The molecule has 1 N–H and O–H groups in total. The number of hydrogen-bond acceptors (Lipinski definition) is 4. The zero-order valence-corrected chi connectivity index (χ0v) is 20.5. The van der Waals surface area contributed by atoms with Crippen molar-refractivity contribution in [1.82, 2.24) is 9.13 Å². The Hall–Kier alpha value is -3.77. The number of nitrogens with zero attached hydrogens (tertiary/aromatic N) is 2. The molecule has 35 heavy (non-hydrogen) atoms. The van der Waals surface area contributed by atoms with Crippen LogP contribution in [0.2, 0.25) is 0 Å². The van der Waals surface area contributed by atoms with Crippen molar-refractivity contribution in [1.29, 1.82) is 0 Å². The van der Waals surface area contributed by atoms with E-state index in [0.29, 0.717) is 22.2 Å². The summed E-state index contributed by atoms with van der Waals surface area (Å²) in [5.41, 5.74) is 3.59. The van der Waals surface area contributed by atoms with E-state index in [1.165, 1.54) is 4.57 Å². The summed E-state index contributed by atoms with van der Waals surface area (Å²) in [6.45, 7) is 7.91. The van der Waals surface area contributed by atoms with E-state index in [9.17, 15) is 14.4 Å². The first kappa shape index (κ1) is 24.4. The maximum Gasteiger partial charge on any atom is 0.336 e. The lowest BCUT2D eigenvalue weighted by Crippen LogP contribution is -2.40. The Morgan fingerprint density at radius 2 is 1.43 bits per heavy atom. The van der Waals surface area contributed by atoms with Crippen LogP contribution in [-0.2, 0) is 6.54 Å². The van der Waals surface area contributed by atoms with Crippen LogP contribution in [0.1, 0.15) is 66.6 Å². The van der Waals surface area contributed by atoms with Gasteiger partial charge in [0.05, 0.1) is 23.1 Å². The number of ketones is 1. The van der Waals surface area contributed by atoms with Gasteiger partial charge in [0.1, 0.15) is 6.61 Å². The summed E-state index contributed by atoms with van der Waals surface area (Å²) in [4.78, 5) is 39.5. The van der Waals surface area contributed by atoms with E-state index < -0.39 is 12.3 Å². The average molecular weight is 471 g/mol.